The Bertz CT molecular complexity index is 1550. The van der Waals surface area contributed by atoms with Gasteiger partial charge < -0.3 is 10.1 Å². The third kappa shape index (κ3) is 6.84. The van der Waals surface area contributed by atoms with Gasteiger partial charge in [-0.2, -0.15) is 4.99 Å². The van der Waals surface area contributed by atoms with Gasteiger partial charge >= 0.3 is 12.4 Å². The molecule has 2 heterocycles. The Labute approximate surface area is 244 Å². The molecule has 2 aromatic carbocycles. The van der Waals surface area contributed by atoms with Gasteiger partial charge in [-0.3, -0.25) is 9.69 Å². The number of carbonyl (C=O) groups is 2. The summed E-state index contributed by atoms with van der Waals surface area (Å²) in [4.78, 5) is 35.8. The van der Waals surface area contributed by atoms with Crippen LogP contribution < -0.4 is 15.0 Å². The van der Waals surface area contributed by atoms with Crippen molar-refractivity contribution in [1.82, 2.24) is 20.1 Å². The molecule has 3 aromatic rings. The maximum absolute atomic E-state index is 12.9. The number of nitrogens with zero attached hydrogens (tertiary/aromatic N) is 5. The molecule has 9 nitrogen and oxygen atoms in total. The maximum atomic E-state index is 12.9. The van der Waals surface area contributed by atoms with Crippen LogP contribution in [0.2, 0.25) is 0 Å². The number of hydrogen-bond acceptors (Lipinski definition) is 6. The molecule has 220 valence electrons. The first-order chi connectivity index (χ1) is 20.0. The zero-order chi connectivity index (χ0) is 30.0. The van der Waals surface area contributed by atoms with Gasteiger partial charge in [0.1, 0.15) is 12.1 Å². The smallest absolute Gasteiger partial charge is 0.406 e. The van der Waals surface area contributed by atoms with Crippen LogP contribution in [0.25, 0.3) is 11.3 Å². The summed E-state index contributed by atoms with van der Waals surface area (Å²) in [6, 6.07) is 10.7. The molecule has 1 aromatic heterocycles. The zero-order valence-electron chi connectivity index (χ0n) is 23.2. The van der Waals surface area contributed by atoms with Crippen molar-refractivity contribution in [3.63, 3.8) is 0 Å². The summed E-state index contributed by atoms with van der Waals surface area (Å²) < 4.78 is 42.6. The number of anilines is 1. The van der Waals surface area contributed by atoms with Crippen LogP contribution in [0, 0.1) is 6.92 Å². The molecule has 0 spiro atoms. The molecule has 1 unspecified atom stereocenters. The lowest BCUT2D eigenvalue weighted by molar-refractivity contribution is -0.274. The minimum Gasteiger partial charge on any atom is -0.406 e. The highest BCUT2D eigenvalue weighted by molar-refractivity contribution is 8.15. The number of aromatic nitrogens is 3. The number of thioether (sulfide) groups is 1. The number of amidine groups is 1. The molecule has 2 aliphatic rings. The van der Waals surface area contributed by atoms with E-state index in [0.717, 1.165) is 22.4 Å². The van der Waals surface area contributed by atoms with Crippen molar-refractivity contribution in [1.29, 1.82) is 0 Å². The highest BCUT2D eigenvalue weighted by Gasteiger charge is 2.33. The molecule has 42 heavy (non-hydrogen) atoms. The topological polar surface area (TPSA) is 102 Å². The van der Waals surface area contributed by atoms with E-state index in [0.29, 0.717) is 35.9 Å². The Hall–Kier alpha value is -4.13. The third-order valence-electron chi connectivity index (χ3n) is 6.86. The number of nitrogens with one attached hydrogen (secondary N) is 1. The van der Waals surface area contributed by atoms with Crippen LogP contribution in [0.3, 0.4) is 0 Å². The van der Waals surface area contributed by atoms with Gasteiger partial charge in [0.05, 0.1) is 17.1 Å². The Morgan fingerprint density at radius 1 is 1.19 bits per heavy atom. The van der Waals surface area contributed by atoms with Crippen molar-refractivity contribution >= 4 is 40.1 Å². The molecule has 1 saturated heterocycles. The van der Waals surface area contributed by atoms with Crippen LogP contribution >= 0.6 is 11.8 Å². The molecule has 5 rings (SSSR count). The van der Waals surface area contributed by atoms with E-state index in [2.05, 4.69) is 39.0 Å². The lowest BCUT2D eigenvalue weighted by atomic mass is 9.95. The second-order valence-electron chi connectivity index (χ2n) is 10.3. The average Bonchev–Trinajstić information content (AvgIpc) is 3.55. The van der Waals surface area contributed by atoms with Crippen molar-refractivity contribution in [3.05, 3.63) is 71.8 Å². The average molecular weight is 599 g/mol. The summed E-state index contributed by atoms with van der Waals surface area (Å²) in [7, 11) is 0. The molecule has 13 heteroatoms. The van der Waals surface area contributed by atoms with Crippen molar-refractivity contribution in [2.75, 3.05) is 10.7 Å². The van der Waals surface area contributed by atoms with Gasteiger partial charge in [-0.05, 0) is 79.1 Å². The van der Waals surface area contributed by atoms with E-state index in [1.54, 1.807) is 4.90 Å². The Kier molecular flexibility index (Phi) is 8.39. The van der Waals surface area contributed by atoms with Gasteiger partial charge in [0.2, 0.25) is 5.91 Å². The molecule has 0 radical (unpaired) electrons. The van der Waals surface area contributed by atoms with Gasteiger partial charge in [0.25, 0.3) is 0 Å². The standard InChI is InChI=1S/C29H29F3N6O3S/c1-17(2)23-13-4-18(3)14-24(23)38-25(39)15-42-28(38)35-27(40)34-20-7-5-19(6-8-20)26-33-16-37(36-26)21-9-11-22(12-10-21)41-29(30,31)32/h4-5,9-14,16-17,20H,6-8,15H2,1-3H3,(H,34,40)/b35-28-. The Morgan fingerprint density at radius 3 is 2.62 bits per heavy atom. The van der Waals surface area contributed by atoms with Gasteiger partial charge in [0, 0.05) is 6.04 Å². The molecule has 1 fully saturated rings. The summed E-state index contributed by atoms with van der Waals surface area (Å²) in [5.74, 6) is 0.490. The zero-order valence-corrected chi connectivity index (χ0v) is 24.0. The van der Waals surface area contributed by atoms with Crippen LogP contribution in [-0.4, -0.2) is 50.0 Å². The normalized spacial score (nSPS) is 18.5. The molecule has 0 bridgehead atoms. The number of rotatable bonds is 6. The first-order valence-electron chi connectivity index (χ1n) is 13.4. The minimum absolute atomic E-state index is 0.109. The lowest BCUT2D eigenvalue weighted by Crippen LogP contribution is -2.36. The van der Waals surface area contributed by atoms with Gasteiger partial charge in [-0.25, -0.2) is 14.5 Å². The van der Waals surface area contributed by atoms with Gasteiger partial charge in [0.15, 0.2) is 11.0 Å². The molecule has 1 aliphatic heterocycles. The fourth-order valence-corrected chi connectivity index (χ4v) is 5.67. The van der Waals surface area contributed by atoms with Crippen LogP contribution in [0.5, 0.6) is 5.75 Å². The number of amides is 3. The highest BCUT2D eigenvalue weighted by atomic mass is 32.2. The number of halogens is 3. The molecule has 1 atom stereocenters. The largest absolute Gasteiger partial charge is 0.573 e. The summed E-state index contributed by atoms with van der Waals surface area (Å²) in [5.41, 5.74) is 4.23. The summed E-state index contributed by atoms with van der Waals surface area (Å²) >= 11 is 1.25. The molecular formula is C29H29F3N6O3S. The van der Waals surface area contributed by atoms with E-state index in [4.69, 9.17) is 0 Å². The molecule has 3 amide bonds. The van der Waals surface area contributed by atoms with Crippen LogP contribution in [0.1, 0.15) is 56.0 Å². The number of hydrogen-bond donors (Lipinski definition) is 1. The first-order valence-corrected chi connectivity index (χ1v) is 14.4. The maximum Gasteiger partial charge on any atom is 0.573 e. The molecule has 0 saturated carbocycles. The Balaban J connectivity index is 1.22. The van der Waals surface area contributed by atoms with Crippen LogP contribution in [0.4, 0.5) is 23.7 Å². The van der Waals surface area contributed by atoms with Gasteiger partial charge in [-0.1, -0.05) is 43.8 Å². The van der Waals surface area contributed by atoms with Crippen molar-refractivity contribution in [2.45, 2.75) is 58.4 Å². The number of carbonyl (C=O) groups excluding carboxylic acids is 2. The summed E-state index contributed by atoms with van der Waals surface area (Å²) in [6.07, 6.45) is 0.507. The summed E-state index contributed by atoms with van der Waals surface area (Å²) in [6.45, 7) is 6.08. The van der Waals surface area contributed by atoms with E-state index in [1.165, 1.54) is 47.0 Å². The lowest BCUT2D eigenvalue weighted by Gasteiger charge is -2.23. The SMILES string of the molecule is Cc1ccc(C(C)C)c(N2C(=O)CS/C2=N\C(=O)NC2CC=C(c3ncn(-c4ccc(OC(F)(F)F)cc4)n3)CC2)c1. The minimum atomic E-state index is -4.76. The number of allylic oxidation sites excluding steroid dienone is 1. The fraction of sp³-hybridized carbons (Fsp3) is 0.345. The van der Waals surface area contributed by atoms with Crippen molar-refractivity contribution in [2.24, 2.45) is 4.99 Å². The molecule has 1 N–H and O–H groups in total. The molecular weight excluding hydrogens is 569 g/mol. The quantitative estimate of drug-likeness (QED) is 0.353. The number of urea groups is 1. The van der Waals surface area contributed by atoms with E-state index in [1.807, 2.05) is 31.2 Å². The van der Waals surface area contributed by atoms with Crippen molar-refractivity contribution < 1.29 is 27.5 Å². The van der Waals surface area contributed by atoms with E-state index in [-0.39, 0.29) is 29.4 Å². The number of benzene rings is 2. The van der Waals surface area contributed by atoms with E-state index < -0.39 is 12.4 Å². The Morgan fingerprint density at radius 2 is 1.95 bits per heavy atom. The first kappa shape index (κ1) is 29.4. The van der Waals surface area contributed by atoms with Crippen LogP contribution in [-0.2, 0) is 4.79 Å². The highest BCUT2D eigenvalue weighted by Crippen LogP contribution is 2.34. The number of alkyl halides is 3. The monoisotopic (exact) mass is 598 g/mol. The van der Waals surface area contributed by atoms with E-state index in [9.17, 15) is 22.8 Å². The second kappa shape index (κ2) is 12.0. The number of aliphatic imine (C=N–C) groups is 1. The third-order valence-corrected chi connectivity index (χ3v) is 7.79. The van der Waals surface area contributed by atoms with E-state index >= 15 is 0 Å². The van der Waals surface area contributed by atoms with Crippen LogP contribution in [0.15, 0.2) is 59.9 Å². The molecule has 1 aliphatic carbocycles. The van der Waals surface area contributed by atoms with Crippen molar-refractivity contribution in [3.8, 4) is 11.4 Å². The fourth-order valence-electron chi connectivity index (χ4n) is 4.81. The predicted molar refractivity (Wildman–Crippen MR) is 155 cm³/mol. The number of ether oxygens (including phenoxy) is 1. The predicted octanol–water partition coefficient (Wildman–Crippen LogP) is 6.38. The summed E-state index contributed by atoms with van der Waals surface area (Å²) in [5, 5.41) is 7.77. The second-order valence-corrected chi connectivity index (χ2v) is 11.3. The van der Waals surface area contributed by atoms with Gasteiger partial charge in [-0.15, -0.1) is 18.3 Å². The number of aryl methyl sites for hydroxylation is 1.